The lowest BCUT2D eigenvalue weighted by molar-refractivity contribution is 0.0797. The maximum absolute atomic E-state index is 12.0. The van der Waals surface area contributed by atoms with Gasteiger partial charge in [0.05, 0.1) is 4.88 Å². The summed E-state index contributed by atoms with van der Waals surface area (Å²) < 4.78 is 0. The first-order valence-electron chi connectivity index (χ1n) is 6.14. The van der Waals surface area contributed by atoms with Gasteiger partial charge in [0.15, 0.2) is 0 Å². The first-order valence-corrected chi connectivity index (χ1v) is 6.95. The molecule has 1 heterocycles. The van der Waals surface area contributed by atoms with Gasteiger partial charge in [-0.3, -0.25) is 4.79 Å². The van der Waals surface area contributed by atoms with Gasteiger partial charge in [0.2, 0.25) is 0 Å². The number of hydrogen-bond donors (Lipinski definition) is 1. The van der Waals surface area contributed by atoms with Crippen molar-refractivity contribution in [2.24, 2.45) is 0 Å². The van der Waals surface area contributed by atoms with E-state index < -0.39 is 0 Å². The van der Waals surface area contributed by atoms with Crippen LogP contribution in [0.3, 0.4) is 0 Å². The Kier molecular flexibility index (Phi) is 6.22. The molecular formula is C13H21NO2S. The zero-order valence-electron chi connectivity index (χ0n) is 10.6. The molecule has 1 aromatic rings. The average molecular weight is 255 g/mol. The first-order chi connectivity index (χ1) is 8.19. The number of amides is 1. The highest BCUT2D eigenvalue weighted by Crippen LogP contribution is 2.18. The fourth-order valence-electron chi connectivity index (χ4n) is 1.61. The smallest absolute Gasteiger partial charge is 0.263 e. The fraction of sp³-hybridized carbons (Fsp3) is 0.615. The molecule has 0 spiro atoms. The van der Waals surface area contributed by atoms with Crippen LogP contribution in [0.1, 0.15) is 40.7 Å². The second-order valence-electron chi connectivity index (χ2n) is 4.13. The summed E-state index contributed by atoms with van der Waals surface area (Å²) in [5.41, 5.74) is 0. The molecule has 0 aliphatic heterocycles. The summed E-state index contributed by atoms with van der Waals surface area (Å²) in [6.07, 6.45) is 3.73. The second kappa shape index (κ2) is 7.45. The summed E-state index contributed by atoms with van der Waals surface area (Å²) in [5, 5.41) is 8.67. The van der Waals surface area contributed by atoms with Crippen LogP contribution in [0.4, 0.5) is 0 Å². The molecule has 0 aromatic carbocycles. The molecule has 1 amide bonds. The number of aliphatic hydroxyl groups is 1. The lowest BCUT2D eigenvalue weighted by atomic mass is 10.2. The summed E-state index contributed by atoms with van der Waals surface area (Å²) in [6.45, 7) is 3.10. The number of unbranched alkanes of at least 4 members (excludes halogenated alkanes) is 2. The zero-order chi connectivity index (χ0) is 12.7. The third-order valence-electron chi connectivity index (χ3n) is 2.72. The van der Waals surface area contributed by atoms with Crippen LogP contribution in [0.25, 0.3) is 0 Å². The molecule has 0 saturated carbocycles. The van der Waals surface area contributed by atoms with E-state index in [2.05, 4.69) is 6.92 Å². The molecule has 0 unspecified atom stereocenters. The van der Waals surface area contributed by atoms with Crippen LogP contribution in [-0.2, 0) is 6.42 Å². The Balaban J connectivity index is 2.40. The Morgan fingerprint density at radius 2 is 2.12 bits per heavy atom. The van der Waals surface area contributed by atoms with E-state index in [4.69, 9.17) is 5.11 Å². The Labute approximate surface area is 107 Å². The van der Waals surface area contributed by atoms with Gasteiger partial charge in [-0.05, 0) is 37.8 Å². The van der Waals surface area contributed by atoms with Crippen molar-refractivity contribution in [3.05, 3.63) is 21.9 Å². The van der Waals surface area contributed by atoms with E-state index in [1.54, 1.807) is 16.2 Å². The van der Waals surface area contributed by atoms with Crippen LogP contribution in [0.15, 0.2) is 12.1 Å². The first kappa shape index (κ1) is 14.2. The lowest BCUT2D eigenvalue weighted by Gasteiger charge is -2.15. The van der Waals surface area contributed by atoms with Gasteiger partial charge in [-0.2, -0.15) is 0 Å². The number of hydrogen-bond acceptors (Lipinski definition) is 3. The van der Waals surface area contributed by atoms with Crippen LogP contribution < -0.4 is 0 Å². The van der Waals surface area contributed by atoms with Gasteiger partial charge in [0, 0.05) is 25.1 Å². The van der Waals surface area contributed by atoms with E-state index in [0.717, 1.165) is 37.1 Å². The molecule has 0 aliphatic carbocycles. The molecule has 0 saturated heterocycles. The molecule has 96 valence electrons. The Morgan fingerprint density at radius 3 is 2.71 bits per heavy atom. The highest BCUT2D eigenvalue weighted by molar-refractivity contribution is 7.14. The van der Waals surface area contributed by atoms with Crippen molar-refractivity contribution in [2.75, 3.05) is 20.2 Å². The Morgan fingerprint density at radius 1 is 1.35 bits per heavy atom. The van der Waals surface area contributed by atoms with E-state index in [-0.39, 0.29) is 12.5 Å². The highest BCUT2D eigenvalue weighted by Gasteiger charge is 2.13. The van der Waals surface area contributed by atoms with Crippen molar-refractivity contribution in [2.45, 2.75) is 32.6 Å². The molecule has 17 heavy (non-hydrogen) atoms. The molecule has 0 atom stereocenters. The SMILES string of the molecule is CCc1ccc(C(=O)N(C)CCCCCO)s1. The highest BCUT2D eigenvalue weighted by atomic mass is 32.1. The monoisotopic (exact) mass is 255 g/mol. The van der Waals surface area contributed by atoms with Crippen LogP contribution in [-0.4, -0.2) is 36.1 Å². The van der Waals surface area contributed by atoms with Crippen molar-refractivity contribution in [1.29, 1.82) is 0 Å². The van der Waals surface area contributed by atoms with E-state index in [0.29, 0.717) is 0 Å². The van der Waals surface area contributed by atoms with Gasteiger partial charge < -0.3 is 10.0 Å². The minimum atomic E-state index is 0.110. The standard InChI is InChI=1S/C13H21NO2S/c1-3-11-7-8-12(17-11)13(16)14(2)9-5-4-6-10-15/h7-8,15H,3-6,9-10H2,1-2H3. The number of thiophene rings is 1. The molecule has 0 aliphatic rings. The van der Waals surface area contributed by atoms with Crippen LogP contribution in [0.5, 0.6) is 0 Å². The number of carbonyl (C=O) groups is 1. The van der Waals surface area contributed by atoms with Crippen molar-refractivity contribution in [1.82, 2.24) is 4.90 Å². The van der Waals surface area contributed by atoms with Crippen molar-refractivity contribution in [3.8, 4) is 0 Å². The summed E-state index contributed by atoms with van der Waals surface area (Å²) in [7, 11) is 1.84. The van der Waals surface area contributed by atoms with Crippen LogP contribution in [0, 0.1) is 0 Å². The Bertz CT molecular complexity index is 349. The summed E-state index contributed by atoms with van der Waals surface area (Å²) >= 11 is 1.58. The van der Waals surface area contributed by atoms with Crippen molar-refractivity contribution >= 4 is 17.2 Å². The van der Waals surface area contributed by atoms with Gasteiger partial charge in [-0.25, -0.2) is 0 Å². The molecular weight excluding hydrogens is 234 g/mol. The minimum Gasteiger partial charge on any atom is -0.396 e. The van der Waals surface area contributed by atoms with Crippen molar-refractivity contribution in [3.63, 3.8) is 0 Å². The van der Waals surface area contributed by atoms with Gasteiger partial charge >= 0.3 is 0 Å². The molecule has 4 heteroatoms. The minimum absolute atomic E-state index is 0.110. The number of carbonyl (C=O) groups excluding carboxylic acids is 1. The largest absolute Gasteiger partial charge is 0.396 e. The summed E-state index contributed by atoms with van der Waals surface area (Å²) in [6, 6.07) is 3.94. The van der Waals surface area contributed by atoms with Crippen molar-refractivity contribution < 1.29 is 9.90 Å². The predicted octanol–water partition coefficient (Wildman–Crippen LogP) is 2.55. The topological polar surface area (TPSA) is 40.5 Å². The summed E-state index contributed by atoms with van der Waals surface area (Å²) in [4.78, 5) is 15.9. The zero-order valence-corrected chi connectivity index (χ0v) is 11.4. The number of nitrogens with zero attached hydrogens (tertiary/aromatic N) is 1. The van der Waals surface area contributed by atoms with E-state index >= 15 is 0 Å². The van der Waals surface area contributed by atoms with Gasteiger partial charge in [-0.15, -0.1) is 11.3 Å². The third-order valence-corrected chi connectivity index (χ3v) is 3.94. The molecule has 0 fully saturated rings. The third kappa shape index (κ3) is 4.48. The number of aryl methyl sites for hydroxylation is 1. The molecule has 1 rings (SSSR count). The van der Waals surface area contributed by atoms with E-state index in [1.807, 2.05) is 19.2 Å². The molecule has 1 aromatic heterocycles. The second-order valence-corrected chi connectivity index (χ2v) is 5.30. The lowest BCUT2D eigenvalue weighted by Crippen LogP contribution is -2.27. The predicted molar refractivity (Wildman–Crippen MR) is 71.6 cm³/mol. The molecule has 3 nitrogen and oxygen atoms in total. The van der Waals surface area contributed by atoms with Gasteiger partial charge in [-0.1, -0.05) is 6.92 Å². The fourth-order valence-corrected chi connectivity index (χ4v) is 2.55. The molecule has 0 radical (unpaired) electrons. The van der Waals surface area contributed by atoms with Gasteiger partial charge in [0.1, 0.15) is 0 Å². The molecule has 1 N–H and O–H groups in total. The normalized spacial score (nSPS) is 10.5. The van der Waals surface area contributed by atoms with Crippen LogP contribution >= 0.6 is 11.3 Å². The number of rotatable bonds is 7. The average Bonchev–Trinajstić information content (AvgIpc) is 2.82. The summed E-state index contributed by atoms with van der Waals surface area (Å²) in [5.74, 6) is 0.110. The quantitative estimate of drug-likeness (QED) is 0.761. The van der Waals surface area contributed by atoms with E-state index in [9.17, 15) is 4.79 Å². The molecule has 0 bridgehead atoms. The maximum Gasteiger partial charge on any atom is 0.263 e. The van der Waals surface area contributed by atoms with E-state index in [1.165, 1.54) is 4.88 Å². The number of aliphatic hydroxyl groups excluding tert-OH is 1. The Hall–Kier alpha value is -0.870. The van der Waals surface area contributed by atoms with Crippen LogP contribution in [0.2, 0.25) is 0 Å². The maximum atomic E-state index is 12.0. The van der Waals surface area contributed by atoms with Gasteiger partial charge in [0.25, 0.3) is 5.91 Å².